The highest BCUT2D eigenvalue weighted by Gasteiger charge is 2.13. The second kappa shape index (κ2) is 15.2. The van der Waals surface area contributed by atoms with Crippen LogP contribution in [-0.4, -0.2) is 56.8 Å². The quantitative estimate of drug-likeness (QED) is 0.137. The summed E-state index contributed by atoms with van der Waals surface area (Å²) in [6.45, 7) is 1.18. The Balaban J connectivity index is 1.13. The third-order valence-corrected chi connectivity index (χ3v) is 8.72. The minimum Gasteiger partial charge on any atom is -0.487 e. The number of hydrogen-bond acceptors (Lipinski definition) is 10. The lowest BCUT2D eigenvalue weighted by atomic mass is 10.2. The maximum atomic E-state index is 13.5. The van der Waals surface area contributed by atoms with Gasteiger partial charge in [0.05, 0.1) is 33.1 Å². The van der Waals surface area contributed by atoms with Gasteiger partial charge in [-0.3, -0.25) is 14.9 Å². The molecule has 238 valence electrons. The summed E-state index contributed by atoms with van der Waals surface area (Å²) in [6.07, 6.45) is 6.03. The minimum atomic E-state index is -2.32. The molecule has 4 heterocycles. The zero-order chi connectivity index (χ0) is 32.6. The molecule has 2 aromatic carbocycles. The van der Waals surface area contributed by atoms with E-state index in [2.05, 4.69) is 25.3 Å². The molecule has 0 aliphatic carbocycles. The van der Waals surface area contributed by atoms with Gasteiger partial charge in [0, 0.05) is 54.3 Å². The maximum Gasteiger partial charge on any atom is 0.225 e. The molecule has 0 aliphatic rings. The third-order valence-electron chi connectivity index (χ3n) is 7.04. The molecule has 0 fully saturated rings. The van der Waals surface area contributed by atoms with E-state index in [1.54, 1.807) is 41.6 Å². The third kappa shape index (κ3) is 8.71. The van der Waals surface area contributed by atoms with Crippen LogP contribution in [0.3, 0.4) is 0 Å². The number of pyridine rings is 2. The van der Waals surface area contributed by atoms with E-state index in [1.807, 2.05) is 35.7 Å². The van der Waals surface area contributed by atoms with Gasteiger partial charge in [-0.1, -0.05) is 29.8 Å². The van der Waals surface area contributed by atoms with E-state index in [0.717, 1.165) is 16.1 Å². The number of nitrogens with one attached hydrogen (secondary N) is 1. The van der Waals surface area contributed by atoms with Gasteiger partial charge in [-0.25, -0.2) is 19.3 Å². The van der Waals surface area contributed by atoms with Crippen LogP contribution in [0, 0.1) is 5.82 Å². The van der Waals surface area contributed by atoms with E-state index >= 15 is 0 Å². The van der Waals surface area contributed by atoms with E-state index in [0.29, 0.717) is 70.7 Å². The molecule has 47 heavy (non-hydrogen) atoms. The number of anilines is 2. The first-order valence-electron chi connectivity index (χ1n) is 14.5. The van der Waals surface area contributed by atoms with Crippen molar-refractivity contribution in [2.24, 2.45) is 0 Å². The van der Waals surface area contributed by atoms with Crippen LogP contribution in [0.1, 0.15) is 16.3 Å². The van der Waals surface area contributed by atoms with Crippen LogP contribution in [0.15, 0.2) is 90.8 Å². The SMILES string of the molecule is O=S(=O)=CN(CCc1ccccn1)CCc1nc(-c2cc3c(Nc4ccc(OCc5cccc(F)c5)c(Cl)c4)ncnc3cn2)cs1. The molecular weight excluding hydrogens is 661 g/mol. The van der Waals surface area contributed by atoms with Crippen molar-refractivity contribution in [3.63, 3.8) is 0 Å². The van der Waals surface area contributed by atoms with E-state index < -0.39 is 10.3 Å². The second-order valence-corrected chi connectivity index (χ2v) is 12.4. The molecule has 0 spiro atoms. The number of thiazole rings is 1. The van der Waals surface area contributed by atoms with E-state index in [4.69, 9.17) is 21.3 Å². The van der Waals surface area contributed by atoms with Gasteiger partial charge in [-0.05, 0) is 54.1 Å². The number of rotatable bonds is 13. The highest BCUT2D eigenvalue weighted by Crippen LogP contribution is 2.32. The van der Waals surface area contributed by atoms with Crippen molar-refractivity contribution in [3.8, 4) is 17.1 Å². The summed E-state index contributed by atoms with van der Waals surface area (Å²) in [4.78, 5) is 24.2. The summed E-state index contributed by atoms with van der Waals surface area (Å²) in [6, 6.07) is 19.0. The first-order chi connectivity index (χ1) is 22.9. The van der Waals surface area contributed by atoms with Crippen molar-refractivity contribution in [1.29, 1.82) is 0 Å². The zero-order valence-corrected chi connectivity index (χ0v) is 27.1. The Morgan fingerprint density at radius 3 is 2.66 bits per heavy atom. The topological polar surface area (TPSA) is 123 Å². The fourth-order valence-corrected chi connectivity index (χ4v) is 6.22. The Hall–Kier alpha value is -4.82. The average molecular weight is 688 g/mol. The molecule has 0 radical (unpaired) electrons. The molecule has 1 N–H and O–H groups in total. The largest absolute Gasteiger partial charge is 0.487 e. The van der Waals surface area contributed by atoms with Gasteiger partial charge in [0.15, 0.2) is 0 Å². The number of fused-ring (bicyclic) bond motifs is 1. The first-order valence-corrected chi connectivity index (χ1v) is 16.9. The molecule has 6 rings (SSSR count). The molecule has 0 aliphatic heterocycles. The Morgan fingerprint density at radius 1 is 0.957 bits per heavy atom. The van der Waals surface area contributed by atoms with Crippen LogP contribution < -0.4 is 10.1 Å². The fraction of sp³-hybridized carbons (Fsp3) is 0.152. The van der Waals surface area contributed by atoms with Gasteiger partial charge in [0.1, 0.15) is 35.8 Å². The summed E-state index contributed by atoms with van der Waals surface area (Å²) in [7, 11) is -2.32. The molecule has 10 nitrogen and oxygen atoms in total. The van der Waals surface area contributed by atoms with Crippen LogP contribution in [0.5, 0.6) is 5.75 Å². The minimum absolute atomic E-state index is 0.179. The smallest absolute Gasteiger partial charge is 0.225 e. The van der Waals surface area contributed by atoms with Gasteiger partial charge >= 0.3 is 0 Å². The van der Waals surface area contributed by atoms with Gasteiger partial charge in [0.25, 0.3) is 0 Å². The molecule has 4 aromatic heterocycles. The molecule has 0 saturated heterocycles. The highest BCUT2D eigenvalue weighted by molar-refractivity contribution is 7.71. The highest BCUT2D eigenvalue weighted by atomic mass is 35.5. The lowest BCUT2D eigenvalue weighted by Gasteiger charge is -2.15. The van der Waals surface area contributed by atoms with Crippen molar-refractivity contribution < 1.29 is 17.5 Å². The van der Waals surface area contributed by atoms with E-state index in [1.165, 1.54) is 35.3 Å². The number of halogens is 2. The molecular formula is C33H27ClFN7O3S2. The van der Waals surface area contributed by atoms with Crippen LogP contribution in [0.2, 0.25) is 5.02 Å². The number of aromatic nitrogens is 5. The summed E-state index contributed by atoms with van der Waals surface area (Å²) in [5, 5.41) is 7.21. The number of hydrogen-bond donors (Lipinski definition) is 1. The number of ether oxygens (including phenoxy) is 1. The summed E-state index contributed by atoms with van der Waals surface area (Å²) >= 11 is 8.00. The lowest BCUT2D eigenvalue weighted by molar-refractivity contribution is 0.306. The molecule has 14 heteroatoms. The Kier molecular flexibility index (Phi) is 10.4. The van der Waals surface area contributed by atoms with Crippen LogP contribution >= 0.6 is 22.9 Å². The predicted molar refractivity (Wildman–Crippen MR) is 182 cm³/mol. The van der Waals surface area contributed by atoms with E-state index in [-0.39, 0.29) is 12.4 Å². The Bertz CT molecular complexity index is 2140. The van der Waals surface area contributed by atoms with Gasteiger partial charge in [-0.2, -0.15) is 8.42 Å². The van der Waals surface area contributed by atoms with Crippen molar-refractivity contribution in [2.45, 2.75) is 19.4 Å². The number of benzene rings is 2. The predicted octanol–water partition coefficient (Wildman–Crippen LogP) is 6.38. The molecule has 0 atom stereocenters. The Labute approximate surface area is 280 Å². The van der Waals surface area contributed by atoms with Gasteiger partial charge in [-0.15, -0.1) is 11.3 Å². The lowest BCUT2D eigenvalue weighted by Crippen LogP contribution is -2.27. The van der Waals surface area contributed by atoms with Gasteiger partial charge in [0.2, 0.25) is 10.3 Å². The fourth-order valence-electron chi connectivity index (χ4n) is 4.74. The molecule has 0 amide bonds. The van der Waals surface area contributed by atoms with Crippen LogP contribution in [0.4, 0.5) is 15.9 Å². The summed E-state index contributed by atoms with van der Waals surface area (Å²) in [5.74, 6) is 0.700. The summed E-state index contributed by atoms with van der Waals surface area (Å²) < 4.78 is 42.1. The average Bonchev–Trinajstić information content (AvgIpc) is 3.55. The van der Waals surface area contributed by atoms with Crippen LogP contribution in [0.25, 0.3) is 22.3 Å². The molecule has 0 bridgehead atoms. The van der Waals surface area contributed by atoms with E-state index in [9.17, 15) is 12.8 Å². The standard InChI is InChI=1S/C33H27ClFN7O3S2/c34-27-15-25(7-8-31(27)45-18-22-4-3-5-23(35)14-22)40-33-26-16-28(37-17-29(26)38-20-39-33)30-19-46-32(41-30)10-13-42(21-47(43)44)12-9-24-6-1-2-11-36-24/h1-8,11,14-17,19-21H,9-10,12-13,18H2,(H,38,39,40). The van der Waals surface area contributed by atoms with Crippen LogP contribution in [-0.2, 0) is 29.7 Å². The van der Waals surface area contributed by atoms with Crippen molar-refractivity contribution >= 4 is 61.1 Å². The van der Waals surface area contributed by atoms with Crippen molar-refractivity contribution in [2.75, 3.05) is 18.4 Å². The van der Waals surface area contributed by atoms with Crippen molar-refractivity contribution in [1.82, 2.24) is 29.8 Å². The summed E-state index contributed by atoms with van der Waals surface area (Å²) in [5.41, 5.74) is 5.47. The molecule has 0 saturated carbocycles. The maximum absolute atomic E-state index is 13.5. The first kappa shape index (κ1) is 32.1. The van der Waals surface area contributed by atoms with Crippen molar-refractivity contribution in [3.05, 3.63) is 118 Å². The monoisotopic (exact) mass is 687 g/mol. The molecule has 6 aromatic rings. The number of nitrogens with zero attached hydrogens (tertiary/aromatic N) is 6. The molecule has 0 unspecified atom stereocenters. The van der Waals surface area contributed by atoms with Gasteiger partial charge < -0.3 is 10.1 Å². The second-order valence-electron chi connectivity index (χ2n) is 10.3. The normalized spacial score (nSPS) is 11.1. The zero-order valence-electron chi connectivity index (χ0n) is 24.8. The Morgan fingerprint density at radius 2 is 1.85 bits per heavy atom.